The van der Waals surface area contributed by atoms with Gasteiger partial charge in [-0.3, -0.25) is 4.98 Å². The second-order valence-corrected chi connectivity index (χ2v) is 6.81. The minimum absolute atomic E-state index is 0. The molecule has 0 N–H and O–H groups in total. The number of benzene rings is 2. The van der Waals surface area contributed by atoms with Crippen molar-refractivity contribution in [2.45, 2.75) is 39.7 Å². The molecule has 0 spiro atoms. The fraction of sp³-hybridized carbons (Fsp3) is 0.261. The van der Waals surface area contributed by atoms with E-state index >= 15 is 0 Å². The van der Waals surface area contributed by atoms with E-state index in [2.05, 4.69) is 81.2 Å². The van der Waals surface area contributed by atoms with E-state index < -0.39 is 0 Å². The molecule has 1 aromatic heterocycles. The van der Waals surface area contributed by atoms with Crippen LogP contribution in [0.1, 0.15) is 53.8 Å². The molecule has 0 radical (unpaired) electrons. The first-order valence-electron chi connectivity index (χ1n) is 8.84. The summed E-state index contributed by atoms with van der Waals surface area (Å²) in [4.78, 5) is 4.62. The van der Waals surface area contributed by atoms with Crippen LogP contribution in [0.2, 0.25) is 0 Å². The summed E-state index contributed by atoms with van der Waals surface area (Å²) in [6.07, 6.45) is 1.85. The van der Waals surface area contributed by atoms with E-state index in [0.29, 0.717) is 5.92 Å². The van der Waals surface area contributed by atoms with Crippen LogP contribution in [0.3, 0.4) is 0 Å². The van der Waals surface area contributed by atoms with E-state index in [4.69, 9.17) is 5.32 Å². The second kappa shape index (κ2) is 9.27. The molecule has 2 nitrogen and oxygen atoms in total. The van der Waals surface area contributed by atoms with Crippen LogP contribution >= 0.6 is 0 Å². The average molecular weight is 508 g/mol. The molecule has 3 heteroatoms. The summed E-state index contributed by atoms with van der Waals surface area (Å²) in [5, 5.41) is 5.18. The summed E-state index contributed by atoms with van der Waals surface area (Å²) >= 11 is 0. The number of aryl methyl sites for hydroxylation is 2. The predicted molar refractivity (Wildman–Crippen MR) is 106 cm³/mol. The molecule has 0 amide bonds. The molecule has 1 heterocycles. The summed E-state index contributed by atoms with van der Waals surface area (Å²) in [7, 11) is 0. The maximum Gasteiger partial charge on any atom is 0.0302 e. The molecular weight excluding hydrogens is 483 g/mol. The third-order valence-corrected chi connectivity index (χ3v) is 4.58. The predicted octanol–water partition coefficient (Wildman–Crippen LogP) is 6.61. The minimum Gasteiger partial charge on any atom is -0.673 e. The van der Waals surface area contributed by atoms with Crippen molar-refractivity contribution in [3.8, 4) is 0 Å². The van der Waals surface area contributed by atoms with Crippen LogP contribution < -0.4 is 0 Å². The molecule has 0 aliphatic heterocycles. The Bertz CT molecular complexity index is 824. The SMILES string of the molecule is Cc1cccc(C)c1[N-]C(c1ccccn1)c1ccccc1C(C)C.[Hf]. The molecular formula is C23H25HfN2-. The Hall–Kier alpha value is -1.74. The van der Waals surface area contributed by atoms with Crippen molar-refractivity contribution in [1.82, 2.24) is 4.98 Å². The monoisotopic (exact) mass is 509 g/mol. The van der Waals surface area contributed by atoms with E-state index in [1.807, 2.05) is 18.3 Å². The summed E-state index contributed by atoms with van der Waals surface area (Å²) in [5.74, 6) is 0.440. The third kappa shape index (κ3) is 4.50. The summed E-state index contributed by atoms with van der Waals surface area (Å²) in [6, 6.07) is 20.9. The number of hydrogen-bond donors (Lipinski definition) is 0. The van der Waals surface area contributed by atoms with Gasteiger partial charge in [-0.1, -0.05) is 79.1 Å². The van der Waals surface area contributed by atoms with Crippen molar-refractivity contribution in [1.29, 1.82) is 0 Å². The standard InChI is InChI=1S/C23H25N2.Hf/c1-16(2)19-12-5-6-13-20(19)23(21-14-7-8-15-24-21)25-22-17(3)10-9-11-18(22)4;/h5-16,23H,1-4H3;/q-1;. The van der Waals surface area contributed by atoms with Crippen molar-refractivity contribution in [3.63, 3.8) is 0 Å². The third-order valence-electron chi connectivity index (χ3n) is 4.58. The number of hydrogen-bond acceptors (Lipinski definition) is 1. The van der Waals surface area contributed by atoms with Crippen LogP contribution in [0, 0.1) is 13.8 Å². The van der Waals surface area contributed by atoms with Gasteiger partial charge in [-0.15, -0.1) is 5.69 Å². The first-order chi connectivity index (χ1) is 12.1. The van der Waals surface area contributed by atoms with Crippen LogP contribution in [0.25, 0.3) is 5.32 Å². The van der Waals surface area contributed by atoms with Crippen molar-refractivity contribution in [2.24, 2.45) is 0 Å². The maximum atomic E-state index is 5.18. The van der Waals surface area contributed by atoms with Crippen LogP contribution in [-0.4, -0.2) is 4.98 Å². The average Bonchev–Trinajstić information content (AvgIpc) is 2.62. The first kappa shape index (κ1) is 20.6. The zero-order valence-corrected chi connectivity index (χ0v) is 19.5. The fourth-order valence-electron chi connectivity index (χ4n) is 3.26. The van der Waals surface area contributed by atoms with Gasteiger partial charge in [0.25, 0.3) is 0 Å². The molecule has 1 atom stereocenters. The smallest absolute Gasteiger partial charge is 0.0302 e. The van der Waals surface area contributed by atoms with Crippen LogP contribution in [-0.2, 0) is 25.8 Å². The topological polar surface area (TPSA) is 27.0 Å². The van der Waals surface area contributed by atoms with E-state index in [0.717, 1.165) is 11.4 Å². The van der Waals surface area contributed by atoms with Crippen LogP contribution in [0.4, 0.5) is 5.69 Å². The largest absolute Gasteiger partial charge is 0.673 e. The summed E-state index contributed by atoms with van der Waals surface area (Å²) < 4.78 is 0. The molecule has 3 rings (SSSR count). The molecule has 1 unspecified atom stereocenters. The quantitative estimate of drug-likeness (QED) is 0.357. The number of nitrogens with zero attached hydrogens (tertiary/aromatic N) is 2. The van der Waals surface area contributed by atoms with Crippen molar-refractivity contribution < 1.29 is 25.8 Å². The number of rotatable bonds is 5. The van der Waals surface area contributed by atoms with Gasteiger partial charge in [0, 0.05) is 37.7 Å². The number of pyridine rings is 1. The van der Waals surface area contributed by atoms with E-state index in [-0.39, 0.29) is 31.9 Å². The Morgan fingerprint density at radius 3 is 1.96 bits per heavy atom. The van der Waals surface area contributed by atoms with Crippen molar-refractivity contribution >= 4 is 5.69 Å². The second-order valence-electron chi connectivity index (χ2n) is 6.81. The Morgan fingerprint density at radius 2 is 1.38 bits per heavy atom. The zero-order valence-electron chi connectivity index (χ0n) is 15.9. The van der Waals surface area contributed by atoms with Gasteiger partial charge in [0.1, 0.15) is 0 Å². The van der Waals surface area contributed by atoms with E-state index in [9.17, 15) is 0 Å². The molecule has 26 heavy (non-hydrogen) atoms. The number of aromatic nitrogens is 1. The van der Waals surface area contributed by atoms with Crippen LogP contribution in [0.5, 0.6) is 0 Å². The van der Waals surface area contributed by atoms with Crippen LogP contribution in [0.15, 0.2) is 66.9 Å². The first-order valence-corrected chi connectivity index (χ1v) is 8.84. The molecule has 0 saturated heterocycles. The molecule has 3 aromatic rings. The number of para-hydroxylation sites is 1. The van der Waals surface area contributed by atoms with Gasteiger partial charge in [-0.25, -0.2) is 0 Å². The maximum absolute atomic E-state index is 5.18. The van der Waals surface area contributed by atoms with Gasteiger partial charge >= 0.3 is 0 Å². The normalized spacial score (nSPS) is 11.7. The van der Waals surface area contributed by atoms with E-state index in [1.165, 1.54) is 22.3 Å². The van der Waals surface area contributed by atoms with Crippen molar-refractivity contribution in [2.75, 3.05) is 0 Å². The van der Waals surface area contributed by atoms with Gasteiger partial charge in [0.15, 0.2) is 0 Å². The molecule has 0 aliphatic rings. The van der Waals surface area contributed by atoms with Gasteiger partial charge < -0.3 is 5.32 Å². The molecule has 2 aromatic carbocycles. The Balaban J connectivity index is 0.00000243. The van der Waals surface area contributed by atoms with Gasteiger partial charge in [0.2, 0.25) is 0 Å². The fourth-order valence-corrected chi connectivity index (χ4v) is 3.26. The Labute approximate surface area is 175 Å². The van der Waals surface area contributed by atoms with Gasteiger partial charge in [0.05, 0.1) is 0 Å². The summed E-state index contributed by atoms with van der Waals surface area (Å²) in [6.45, 7) is 8.70. The Kier molecular flexibility index (Phi) is 7.33. The molecule has 0 bridgehead atoms. The van der Waals surface area contributed by atoms with Gasteiger partial charge in [-0.05, 0) is 43.5 Å². The van der Waals surface area contributed by atoms with Crippen molar-refractivity contribution in [3.05, 3.63) is 100 Å². The molecule has 0 saturated carbocycles. The minimum atomic E-state index is -0.0976. The molecule has 0 fully saturated rings. The Morgan fingerprint density at radius 1 is 0.769 bits per heavy atom. The zero-order chi connectivity index (χ0) is 17.8. The summed E-state index contributed by atoms with van der Waals surface area (Å²) in [5.41, 5.74) is 7.01. The van der Waals surface area contributed by atoms with Gasteiger partial charge in [-0.2, -0.15) is 0 Å². The molecule has 132 valence electrons. The van der Waals surface area contributed by atoms with E-state index in [1.54, 1.807) is 0 Å². The molecule has 0 aliphatic carbocycles.